The summed E-state index contributed by atoms with van der Waals surface area (Å²) in [6, 6.07) is 0.740. The lowest BCUT2D eigenvalue weighted by Crippen LogP contribution is -2.46. The van der Waals surface area contributed by atoms with Gasteiger partial charge in [0.15, 0.2) is 9.84 Å². The van der Waals surface area contributed by atoms with Crippen molar-refractivity contribution in [2.45, 2.75) is 38.3 Å². The van der Waals surface area contributed by atoms with E-state index < -0.39 is 9.84 Å². The number of sulfone groups is 1. The van der Waals surface area contributed by atoms with Crippen molar-refractivity contribution < 1.29 is 8.42 Å². The third-order valence-electron chi connectivity index (χ3n) is 3.74. The first-order valence-corrected chi connectivity index (χ1v) is 8.10. The van der Waals surface area contributed by atoms with Crippen molar-refractivity contribution in [2.75, 3.05) is 31.1 Å². The maximum Gasteiger partial charge on any atom is 0.151 e. The fourth-order valence-corrected chi connectivity index (χ4v) is 4.36. The highest BCUT2D eigenvalue weighted by molar-refractivity contribution is 7.91. The normalized spacial score (nSPS) is 31.9. The number of rotatable bonds is 3. The molecule has 5 heteroatoms. The minimum atomic E-state index is -2.73. The predicted octanol–water partition coefficient (Wildman–Crippen LogP) is 0.247. The molecule has 0 bridgehead atoms. The van der Waals surface area contributed by atoms with E-state index in [2.05, 4.69) is 17.1 Å². The van der Waals surface area contributed by atoms with E-state index in [9.17, 15) is 8.42 Å². The minimum absolute atomic E-state index is 0.211. The van der Waals surface area contributed by atoms with Crippen molar-refractivity contribution in [3.63, 3.8) is 0 Å². The molecule has 16 heavy (non-hydrogen) atoms. The van der Waals surface area contributed by atoms with Gasteiger partial charge in [-0.05, 0) is 38.9 Å². The van der Waals surface area contributed by atoms with Crippen molar-refractivity contribution in [3.05, 3.63) is 0 Å². The van der Waals surface area contributed by atoms with Gasteiger partial charge in [-0.25, -0.2) is 8.42 Å². The molecular weight excluding hydrogens is 224 g/mol. The molecule has 0 aliphatic carbocycles. The summed E-state index contributed by atoms with van der Waals surface area (Å²) >= 11 is 0. The molecule has 2 aliphatic heterocycles. The zero-order valence-corrected chi connectivity index (χ0v) is 10.8. The van der Waals surface area contributed by atoms with Crippen LogP contribution in [0.25, 0.3) is 0 Å². The largest absolute Gasteiger partial charge is 0.310 e. The molecular formula is C11H22N2O2S. The van der Waals surface area contributed by atoms with Crippen LogP contribution < -0.4 is 5.32 Å². The summed E-state index contributed by atoms with van der Waals surface area (Å²) in [4.78, 5) is 2.45. The van der Waals surface area contributed by atoms with Gasteiger partial charge in [0.25, 0.3) is 0 Å². The predicted molar refractivity (Wildman–Crippen MR) is 65.3 cm³/mol. The van der Waals surface area contributed by atoms with Crippen LogP contribution in [0.5, 0.6) is 0 Å². The minimum Gasteiger partial charge on any atom is -0.310 e. The van der Waals surface area contributed by atoms with Crippen LogP contribution in [0.4, 0.5) is 0 Å². The van der Waals surface area contributed by atoms with E-state index in [1.165, 1.54) is 0 Å². The molecule has 2 fully saturated rings. The summed E-state index contributed by atoms with van der Waals surface area (Å²) in [6.45, 7) is 5.61. The zero-order valence-electron chi connectivity index (χ0n) is 9.98. The summed E-state index contributed by atoms with van der Waals surface area (Å²) in [5.41, 5.74) is 0. The first kappa shape index (κ1) is 12.3. The lowest BCUT2D eigenvalue weighted by molar-refractivity contribution is 0.200. The molecule has 0 aromatic rings. The van der Waals surface area contributed by atoms with Gasteiger partial charge in [-0.3, -0.25) is 0 Å². The average Bonchev–Trinajstić information content (AvgIpc) is 2.59. The van der Waals surface area contributed by atoms with Gasteiger partial charge in [0.05, 0.1) is 11.5 Å². The van der Waals surface area contributed by atoms with Crippen LogP contribution in [-0.4, -0.2) is 56.5 Å². The highest BCUT2D eigenvalue weighted by Gasteiger charge is 2.30. The molecule has 4 nitrogen and oxygen atoms in total. The maximum atomic E-state index is 11.3. The SMILES string of the molecule is CCN1CCC(NC2CCS(=O)(=O)C2)CC1. The van der Waals surface area contributed by atoms with E-state index in [-0.39, 0.29) is 6.04 Å². The highest BCUT2D eigenvalue weighted by Crippen LogP contribution is 2.16. The molecule has 2 aliphatic rings. The first-order chi connectivity index (χ1) is 7.59. The van der Waals surface area contributed by atoms with Gasteiger partial charge in [-0.15, -0.1) is 0 Å². The van der Waals surface area contributed by atoms with Crippen LogP contribution in [0.1, 0.15) is 26.2 Å². The van der Waals surface area contributed by atoms with Crippen LogP contribution in [-0.2, 0) is 9.84 Å². The summed E-state index contributed by atoms with van der Waals surface area (Å²) in [5, 5.41) is 3.51. The molecule has 1 atom stereocenters. The second-order valence-corrected chi connectivity index (χ2v) is 7.20. The third kappa shape index (κ3) is 3.18. The molecule has 1 unspecified atom stereocenters. The van der Waals surface area contributed by atoms with Gasteiger partial charge in [-0.2, -0.15) is 0 Å². The molecule has 0 aromatic carbocycles. The zero-order chi connectivity index (χ0) is 11.6. The fraction of sp³-hybridized carbons (Fsp3) is 1.00. The third-order valence-corrected chi connectivity index (χ3v) is 5.51. The molecule has 2 heterocycles. The fourth-order valence-electron chi connectivity index (χ4n) is 2.68. The number of hydrogen-bond acceptors (Lipinski definition) is 4. The summed E-state index contributed by atoms with van der Waals surface area (Å²) in [7, 11) is -2.73. The molecule has 0 saturated carbocycles. The van der Waals surface area contributed by atoms with Crippen molar-refractivity contribution in [1.82, 2.24) is 10.2 Å². The molecule has 0 spiro atoms. The molecule has 94 valence electrons. The van der Waals surface area contributed by atoms with E-state index in [0.717, 1.165) is 38.9 Å². The van der Waals surface area contributed by atoms with Crippen molar-refractivity contribution in [3.8, 4) is 0 Å². The number of likely N-dealkylation sites (tertiary alicyclic amines) is 1. The van der Waals surface area contributed by atoms with Crippen molar-refractivity contribution in [2.24, 2.45) is 0 Å². The molecule has 2 rings (SSSR count). The number of piperidine rings is 1. The Hall–Kier alpha value is -0.130. The van der Waals surface area contributed by atoms with E-state index in [1.54, 1.807) is 0 Å². The van der Waals surface area contributed by atoms with Gasteiger partial charge in [0, 0.05) is 12.1 Å². The smallest absolute Gasteiger partial charge is 0.151 e. The van der Waals surface area contributed by atoms with Crippen LogP contribution >= 0.6 is 0 Å². The Morgan fingerprint density at radius 1 is 1.19 bits per heavy atom. The van der Waals surface area contributed by atoms with Crippen molar-refractivity contribution in [1.29, 1.82) is 0 Å². The Bertz CT molecular complexity index is 321. The van der Waals surface area contributed by atoms with Crippen LogP contribution in [0.3, 0.4) is 0 Å². The second-order valence-electron chi connectivity index (χ2n) is 4.98. The van der Waals surface area contributed by atoms with Crippen LogP contribution in [0.2, 0.25) is 0 Å². The lowest BCUT2D eigenvalue weighted by atomic mass is 10.0. The number of nitrogens with zero attached hydrogens (tertiary/aromatic N) is 1. The number of hydrogen-bond donors (Lipinski definition) is 1. The van der Waals surface area contributed by atoms with E-state index in [0.29, 0.717) is 17.5 Å². The Morgan fingerprint density at radius 3 is 2.38 bits per heavy atom. The Kier molecular flexibility index (Phi) is 3.87. The Balaban J connectivity index is 1.75. The number of nitrogens with one attached hydrogen (secondary N) is 1. The first-order valence-electron chi connectivity index (χ1n) is 6.28. The Morgan fingerprint density at radius 2 is 1.88 bits per heavy atom. The van der Waals surface area contributed by atoms with E-state index in [1.807, 2.05) is 0 Å². The molecule has 0 radical (unpaired) electrons. The molecule has 2 saturated heterocycles. The van der Waals surface area contributed by atoms with Gasteiger partial charge >= 0.3 is 0 Å². The monoisotopic (exact) mass is 246 g/mol. The van der Waals surface area contributed by atoms with Gasteiger partial charge in [0.2, 0.25) is 0 Å². The summed E-state index contributed by atoms with van der Waals surface area (Å²) < 4.78 is 22.7. The lowest BCUT2D eigenvalue weighted by Gasteiger charge is -2.32. The molecule has 1 N–H and O–H groups in total. The standard InChI is InChI=1S/C11H22N2O2S/c1-2-13-6-3-10(4-7-13)12-11-5-8-16(14,15)9-11/h10-12H,2-9H2,1H3. The second kappa shape index (κ2) is 5.02. The van der Waals surface area contributed by atoms with Crippen LogP contribution in [0.15, 0.2) is 0 Å². The van der Waals surface area contributed by atoms with Gasteiger partial charge in [0.1, 0.15) is 0 Å². The van der Waals surface area contributed by atoms with E-state index >= 15 is 0 Å². The quantitative estimate of drug-likeness (QED) is 0.775. The summed E-state index contributed by atoms with van der Waals surface area (Å²) in [5.74, 6) is 0.722. The summed E-state index contributed by atoms with van der Waals surface area (Å²) in [6.07, 6.45) is 3.12. The highest BCUT2D eigenvalue weighted by atomic mass is 32.2. The Labute approximate surface area is 98.3 Å². The van der Waals surface area contributed by atoms with Gasteiger partial charge < -0.3 is 10.2 Å². The van der Waals surface area contributed by atoms with Crippen LogP contribution in [0, 0.1) is 0 Å². The average molecular weight is 246 g/mol. The van der Waals surface area contributed by atoms with Gasteiger partial charge in [-0.1, -0.05) is 6.92 Å². The topological polar surface area (TPSA) is 49.4 Å². The maximum absolute atomic E-state index is 11.3. The van der Waals surface area contributed by atoms with Crippen molar-refractivity contribution >= 4 is 9.84 Å². The van der Waals surface area contributed by atoms with E-state index in [4.69, 9.17) is 0 Å². The molecule has 0 amide bonds. The molecule has 0 aromatic heterocycles.